The average Bonchev–Trinajstić information content (AvgIpc) is 2.62. The van der Waals surface area contributed by atoms with Crippen molar-refractivity contribution in [3.05, 3.63) is 60.4 Å². The molecule has 0 aliphatic carbocycles. The van der Waals surface area contributed by atoms with Crippen molar-refractivity contribution in [1.29, 1.82) is 0 Å². The van der Waals surface area contributed by atoms with E-state index in [4.69, 9.17) is 9.47 Å². The molecule has 0 unspecified atom stereocenters. The molecular weight excluding hydrogens is 325 g/mol. The van der Waals surface area contributed by atoms with Crippen LogP contribution in [0.4, 0.5) is 10.1 Å². The molecule has 2 aromatic carbocycles. The second-order valence-corrected chi connectivity index (χ2v) is 5.40. The van der Waals surface area contributed by atoms with E-state index in [1.807, 2.05) is 6.07 Å². The molecule has 0 saturated carbocycles. The van der Waals surface area contributed by atoms with Crippen LogP contribution in [-0.2, 0) is 14.3 Å². The van der Waals surface area contributed by atoms with E-state index in [0.29, 0.717) is 17.9 Å². The first-order valence-corrected chi connectivity index (χ1v) is 7.98. The van der Waals surface area contributed by atoms with Gasteiger partial charge in [0, 0.05) is 5.69 Å². The molecule has 1 amide bonds. The first kappa shape index (κ1) is 18.4. The molecule has 0 radical (unpaired) electrons. The summed E-state index contributed by atoms with van der Waals surface area (Å²) in [5.74, 6) is -0.973. The number of carbonyl (C=O) groups excluding carboxylic acids is 2. The van der Waals surface area contributed by atoms with E-state index < -0.39 is 29.9 Å². The first-order valence-electron chi connectivity index (χ1n) is 7.98. The Labute approximate surface area is 145 Å². The summed E-state index contributed by atoms with van der Waals surface area (Å²) in [5, 5.41) is 2.56. The highest BCUT2D eigenvalue weighted by Gasteiger charge is 2.25. The predicted octanol–water partition coefficient (Wildman–Crippen LogP) is 3.55. The van der Waals surface area contributed by atoms with E-state index >= 15 is 0 Å². The van der Waals surface area contributed by atoms with Crippen molar-refractivity contribution in [3.8, 4) is 5.75 Å². The zero-order chi connectivity index (χ0) is 18.2. The van der Waals surface area contributed by atoms with Crippen LogP contribution in [0.2, 0.25) is 0 Å². The molecule has 0 saturated heterocycles. The van der Waals surface area contributed by atoms with Gasteiger partial charge in [-0.1, -0.05) is 25.1 Å². The molecule has 2 atom stereocenters. The van der Waals surface area contributed by atoms with Crippen molar-refractivity contribution >= 4 is 17.6 Å². The van der Waals surface area contributed by atoms with Crippen molar-refractivity contribution in [3.63, 3.8) is 0 Å². The zero-order valence-electron chi connectivity index (χ0n) is 14.1. The summed E-state index contributed by atoms with van der Waals surface area (Å²) in [4.78, 5) is 24.3. The van der Waals surface area contributed by atoms with Gasteiger partial charge in [-0.25, -0.2) is 9.18 Å². The van der Waals surface area contributed by atoms with Gasteiger partial charge in [-0.15, -0.1) is 0 Å². The molecular formula is C19H20FNO4. The van der Waals surface area contributed by atoms with Crippen molar-refractivity contribution in [1.82, 2.24) is 0 Å². The van der Waals surface area contributed by atoms with Crippen molar-refractivity contribution in [2.45, 2.75) is 32.5 Å². The third-order valence-electron chi connectivity index (χ3n) is 3.43. The lowest BCUT2D eigenvalue weighted by atomic mass is 10.2. The minimum absolute atomic E-state index is 0.402. The topological polar surface area (TPSA) is 64.6 Å². The van der Waals surface area contributed by atoms with E-state index in [1.165, 1.54) is 31.2 Å². The van der Waals surface area contributed by atoms with E-state index in [-0.39, 0.29) is 0 Å². The molecule has 0 heterocycles. The second kappa shape index (κ2) is 8.82. The Balaban J connectivity index is 1.90. The quantitative estimate of drug-likeness (QED) is 0.780. The van der Waals surface area contributed by atoms with Crippen LogP contribution < -0.4 is 10.1 Å². The molecule has 5 nitrogen and oxygen atoms in total. The van der Waals surface area contributed by atoms with Crippen LogP contribution in [0.25, 0.3) is 0 Å². The number of para-hydroxylation sites is 1. The number of anilines is 1. The number of hydrogen-bond donors (Lipinski definition) is 1. The fourth-order valence-corrected chi connectivity index (χ4v) is 2.04. The summed E-state index contributed by atoms with van der Waals surface area (Å²) in [7, 11) is 0. The molecule has 0 aromatic heterocycles. The largest absolute Gasteiger partial charge is 0.479 e. The van der Waals surface area contributed by atoms with E-state index in [9.17, 15) is 14.0 Å². The highest BCUT2D eigenvalue weighted by Crippen LogP contribution is 2.14. The minimum atomic E-state index is -1.01. The third kappa shape index (κ3) is 5.60. The van der Waals surface area contributed by atoms with Gasteiger partial charge >= 0.3 is 5.97 Å². The monoisotopic (exact) mass is 345 g/mol. The van der Waals surface area contributed by atoms with Gasteiger partial charge in [-0.3, -0.25) is 4.79 Å². The Morgan fingerprint density at radius 2 is 1.72 bits per heavy atom. The maximum absolute atomic E-state index is 12.9. The standard InChI is InChI=1S/C19H20FNO4/c1-3-17(25-16-7-5-4-6-8-16)19(23)24-13(2)18(22)21-15-11-9-14(20)10-12-15/h4-13,17H,3H2,1-2H3,(H,21,22)/t13-,17+/m0/s1. The smallest absolute Gasteiger partial charge is 0.348 e. The van der Waals surface area contributed by atoms with Crippen LogP contribution in [0.1, 0.15) is 20.3 Å². The Morgan fingerprint density at radius 1 is 1.08 bits per heavy atom. The Kier molecular flexibility index (Phi) is 6.51. The summed E-state index contributed by atoms with van der Waals surface area (Å²) in [6.45, 7) is 3.25. The molecule has 132 valence electrons. The summed E-state index contributed by atoms with van der Waals surface area (Å²) >= 11 is 0. The van der Waals surface area contributed by atoms with Crippen LogP contribution in [-0.4, -0.2) is 24.1 Å². The Morgan fingerprint density at radius 3 is 2.32 bits per heavy atom. The normalized spacial score (nSPS) is 12.8. The van der Waals surface area contributed by atoms with Gasteiger partial charge in [-0.05, 0) is 49.7 Å². The second-order valence-electron chi connectivity index (χ2n) is 5.40. The summed E-state index contributed by atoms with van der Waals surface area (Å²) in [6, 6.07) is 14.2. The van der Waals surface area contributed by atoms with Crippen molar-refractivity contribution in [2.75, 3.05) is 5.32 Å². The van der Waals surface area contributed by atoms with Gasteiger partial charge in [0.15, 0.2) is 12.2 Å². The molecule has 0 aliphatic rings. The van der Waals surface area contributed by atoms with Crippen LogP contribution in [0.15, 0.2) is 54.6 Å². The summed E-state index contributed by atoms with van der Waals surface area (Å²) in [6.07, 6.45) is -1.41. The number of halogens is 1. The van der Waals surface area contributed by atoms with Gasteiger partial charge < -0.3 is 14.8 Å². The highest BCUT2D eigenvalue weighted by atomic mass is 19.1. The number of carbonyl (C=O) groups is 2. The molecule has 6 heteroatoms. The highest BCUT2D eigenvalue weighted by molar-refractivity contribution is 5.95. The minimum Gasteiger partial charge on any atom is -0.479 e. The van der Waals surface area contributed by atoms with E-state index in [0.717, 1.165) is 0 Å². The Hall–Kier alpha value is -2.89. The fraction of sp³-hybridized carbons (Fsp3) is 0.263. The number of nitrogens with one attached hydrogen (secondary N) is 1. The molecule has 2 rings (SSSR count). The predicted molar refractivity (Wildman–Crippen MR) is 91.7 cm³/mol. The maximum atomic E-state index is 12.9. The molecule has 25 heavy (non-hydrogen) atoms. The number of hydrogen-bond acceptors (Lipinski definition) is 4. The summed E-state index contributed by atoms with van der Waals surface area (Å²) in [5.41, 5.74) is 0.418. The number of esters is 1. The van der Waals surface area contributed by atoms with Crippen molar-refractivity contribution < 1.29 is 23.5 Å². The third-order valence-corrected chi connectivity index (χ3v) is 3.43. The number of rotatable bonds is 7. The van der Waals surface area contributed by atoms with Gasteiger partial charge in [0.25, 0.3) is 5.91 Å². The lowest BCUT2D eigenvalue weighted by Gasteiger charge is -2.19. The number of ether oxygens (including phenoxy) is 2. The van der Waals surface area contributed by atoms with E-state index in [2.05, 4.69) is 5.32 Å². The van der Waals surface area contributed by atoms with Crippen molar-refractivity contribution in [2.24, 2.45) is 0 Å². The molecule has 0 aliphatic heterocycles. The molecule has 1 N–H and O–H groups in total. The van der Waals surface area contributed by atoms with Crippen LogP contribution >= 0.6 is 0 Å². The van der Waals surface area contributed by atoms with Gasteiger partial charge in [0.2, 0.25) is 0 Å². The number of amides is 1. The van der Waals surface area contributed by atoms with Gasteiger partial charge in [0.1, 0.15) is 11.6 Å². The Bertz CT molecular complexity index is 703. The SMILES string of the molecule is CC[C@@H](Oc1ccccc1)C(=O)O[C@@H](C)C(=O)Nc1ccc(F)cc1. The first-order chi connectivity index (χ1) is 12.0. The lowest BCUT2D eigenvalue weighted by Crippen LogP contribution is -2.36. The molecule has 0 fully saturated rings. The fourth-order valence-electron chi connectivity index (χ4n) is 2.04. The average molecular weight is 345 g/mol. The molecule has 2 aromatic rings. The molecule has 0 spiro atoms. The van der Waals surface area contributed by atoms with Gasteiger partial charge in [-0.2, -0.15) is 0 Å². The van der Waals surface area contributed by atoms with Crippen LogP contribution in [0, 0.1) is 5.82 Å². The summed E-state index contributed by atoms with van der Waals surface area (Å²) < 4.78 is 23.6. The zero-order valence-corrected chi connectivity index (χ0v) is 14.1. The maximum Gasteiger partial charge on any atom is 0.348 e. The van der Waals surface area contributed by atoms with Crippen LogP contribution in [0.3, 0.4) is 0 Å². The van der Waals surface area contributed by atoms with Gasteiger partial charge in [0.05, 0.1) is 0 Å². The molecule has 0 bridgehead atoms. The van der Waals surface area contributed by atoms with Crippen LogP contribution in [0.5, 0.6) is 5.75 Å². The number of benzene rings is 2. The van der Waals surface area contributed by atoms with E-state index in [1.54, 1.807) is 31.2 Å². The lowest BCUT2D eigenvalue weighted by molar-refractivity contribution is -0.160.